The van der Waals surface area contributed by atoms with Crippen molar-refractivity contribution in [3.8, 4) is 11.5 Å². The summed E-state index contributed by atoms with van der Waals surface area (Å²) >= 11 is 0. The lowest BCUT2D eigenvalue weighted by Crippen LogP contribution is -2.40. The van der Waals surface area contributed by atoms with Crippen LogP contribution in [0.5, 0.6) is 11.5 Å². The summed E-state index contributed by atoms with van der Waals surface area (Å²) in [5.41, 5.74) is 2.09. The highest BCUT2D eigenvalue weighted by Gasteiger charge is 2.13. The second-order valence-corrected chi connectivity index (χ2v) is 6.45. The Morgan fingerprint density at radius 1 is 1.14 bits per heavy atom. The van der Waals surface area contributed by atoms with Crippen LogP contribution in [0.3, 0.4) is 0 Å². The number of nitrogens with zero attached hydrogens (tertiary/aromatic N) is 2. The van der Waals surface area contributed by atoms with Crippen molar-refractivity contribution in [1.82, 2.24) is 10.2 Å². The highest BCUT2D eigenvalue weighted by molar-refractivity contribution is 14.0. The molecule has 0 spiro atoms. The molecule has 0 fully saturated rings. The molecule has 0 amide bonds. The number of hydrogen-bond acceptors (Lipinski definition) is 3. The van der Waals surface area contributed by atoms with E-state index in [0.29, 0.717) is 13.1 Å². The zero-order chi connectivity index (χ0) is 20.5. The molecule has 29 heavy (non-hydrogen) atoms. The van der Waals surface area contributed by atoms with E-state index in [1.54, 1.807) is 26.3 Å². The van der Waals surface area contributed by atoms with Gasteiger partial charge in [-0.1, -0.05) is 37.3 Å². The quantitative estimate of drug-likeness (QED) is 0.312. The smallest absolute Gasteiger partial charge is 0.387 e. The van der Waals surface area contributed by atoms with Crippen molar-refractivity contribution in [2.24, 2.45) is 4.99 Å². The number of rotatable bonds is 8. The Morgan fingerprint density at radius 2 is 1.79 bits per heavy atom. The molecule has 2 aromatic rings. The number of aliphatic imine (C=N–C) groups is 1. The molecule has 1 unspecified atom stereocenters. The van der Waals surface area contributed by atoms with Gasteiger partial charge >= 0.3 is 6.61 Å². The fourth-order valence-corrected chi connectivity index (χ4v) is 2.94. The average molecular weight is 519 g/mol. The number of alkyl halides is 2. The van der Waals surface area contributed by atoms with E-state index in [1.807, 2.05) is 30.1 Å². The fraction of sp³-hybridized carbons (Fsp3) is 0.381. The third-order valence-electron chi connectivity index (χ3n) is 4.38. The van der Waals surface area contributed by atoms with Crippen LogP contribution in [0.25, 0.3) is 0 Å². The molecule has 1 atom stereocenters. The molecule has 2 rings (SSSR count). The van der Waals surface area contributed by atoms with Gasteiger partial charge in [0.1, 0.15) is 11.5 Å². The Balaban J connectivity index is 0.00000420. The van der Waals surface area contributed by atoms with Crippen molar-refractivity contribution in [3.05, 3.63) is 59.7 Å². The zero-order valence-electron chi connectivity index (χ0n) is 17.1. The van der Waals surface area contributed by atoms with Gasteiger partial charge in [-0.15, -0.1) is 24.0 Å². The standard InChI is InChI=1S/C21H27F2N3O2.HI/c1-15(18-7-5-6-8-19(18)27-4)13-25-21(24-2)26(3)14-16-9-11-17(12-10-16)28-20(22)23;/h5-12,15,20H,13-14H2,1-4H3,(H,24,25);1H. The second kappa shape index (κ2) is 12.5. The Labute approximate surface area is 188 Å². The van der Waals surface area contributed by atoms with Crippen molar-refractivity contribution >= 4 is 29.9 Å². The summed E-state index contributed by atoms with van der Waals surface area (Å²) in [5.74, 6) is 1.99. The lowest BCUT2D eigenvalue weighted by atomic mass is 10.0. The van der Waals surface area contributed by atoms with Gasteiger partial charge in [0.25, 0.3) is 0 Å². The maximum absolute atomic E-state index is 12.2. The van der Waals surface area contributed by atoms with Crippen LogP contribution in [-0.2, 0) is 6.54 Å². The predicted molar refractivity (Wildman–Crippen MR) is 123 cm³/mol. The molecule has 0 aliphatic heterocycles. The van der Waals surface area contributed by atoms with E-state index in [1.165, 1.54) is 12.1 Å². The Kier molecular flexibility index (Phi) is 10.7. The van der Waals surface area contributed by atoms with Crippen LogP contribution < -0.4 is 14.8 Å². The van der Waals surface area contributed by atoms with Gasteiger partial charge < -0.3 is 19.7 Å². The van der Waals surface area contributed by atoms with Crippen LogP contribution in [0, 0.1) is 0 Å². The maximum atomic E-state index is 12.2. The molecule has 0 bridgehead atoms. The van der Waals surface area contributed by atoms with Crippen LogP contribution in [0.1, 0.15) is 24.0 Å². The van der Waals surface area contributed by atoms with Crippen molar-refractivity contribution in [1.29, 1.82) is 0 Å². The molecule has 0 heterocycles. The first kappa shape index (κ1) is 24.9. The summed E-state index contributed by atoms with van der Waals surface area (Å²) in [6, 6.07) is 14.6. The highest BCUT2D eigenvalue weighted by Crippen LogP contribution is 2.25. The highest BCUT2D eigenvalue weighted by atomic mass is 127. The van der Waals surface area contributed by atoms with Gasteiger partial charge in [0.15, 0.2) is 5.96 Å². The topological polar surface area (TPSA) is 46.1 Å². The molecule has 0 saturated carbocycles. The monoisotopic (exact) mass is 519 g/mol. The van der Waals surface area contributed by atoms with Gasteiger partial charge in [0, 0.05) is 33.1 Å². The van der Waals surface area contributed by atoms with Crippen molar-refractivity contribution in [3.63, 3.8) is 0 Å². The SMILES string of the molecule is CN=C(NCC(C)c1ccccc1OC)N(C)Cc1ccc(OC(F)F)cc1.I. The first-order valence-corrected chi connectivity index (χ1v) is 9.03. The number of benzene rings is 2. The normalized spacial score (nSPS) is 12.2. The Bertz CT molecular complexity index is 773. The predicted octanol–water partition coefficient (Wildman–Crippen LogP) is 4.73. The van der Waals surface area contributed by atoms with Crippen molar-refractivity contribution in [2.75, 3.05) is 27.7 Å². The molecule has 1 N–H and O–H groups in total. The summed E-state index contributed by atoms with van der Waals surface area (Å²) in [7, 11) is 5.32. The molecular weight excluding hydrogens is 491 g/mol. The Hall–Kier alpha value is -2.10. The van der Waals surface area contributed by atoms with Crippen molar-refractivity contribution < 1.29 is 18.3 Å². The average Bonchev–Trinajstić information content (AvgIpc) is 2.69. The third kappa shape index (κ3) is 7.68. The van der Waals surface area contributed by atoms with Crippen LogP contribution in [0.15, 0.2) is 53.5 Å². The number of para-hydroxylation sites is 1. The van der Waals surface area contributed by atoms with Gasteiger partial charge in [0.2, 0.25) is 0 Å². The van der Waals surface area contributed by atoms with Gasteiger partial charge in [-0.2, -0.15) is 8.78 Å². The number of halogens is 3. The van der Waals surface area contributed by atoms with Gasteiger partial charge in [0.05, 0.1) is 7.11 Å². The van der Waals surface area contributed by atoms with Crippen molar-refractivity contribution in [2.45, 2.75) is 26.0 Å². The minimum absolute atomic E-state index is 0. The molecule has 0 aliphatic rings. The summed E-state index contributed by atoms with van der Waals surface area (Å²) in [6.45, 7) is 0.581. The molecule has 5 nitrogen and oxygen atoms in total. The third-order valence-corrected chi connectivity index (χ3v) is 4.38. The number of methoxy groups -OCH3 is 1. The van der Waals surface area contributed by atoms with Gasteiger partial charge in [-0.3, -0.25) is 4.99 Å². The van der Waals surface area contributed by atoms with Crippen LogP contribution in [0.2, 0.25) is 0 Å². The maximum Gasteiger partial charge on any atom is 0.387 e. The molecule has 8 heteroatoms. The number of nitrogens with one attached hydrogen (secondary N) is 1. The lowest BCUT2D eigenvalue weighted by molar-refractivity contribution is -0.0498. The first-order valence-electron chi connectivity index (χ1n) is 9.03. The number of hydrogen-bond donors (Lipinski definition) is 1. The molecule has 0 radical (unpaired) electrons. The summed E-state index contributed by atoms with van der Waals surface area (Å²) < 4.78 is 34.3. The Morgan fingerprint density at radius 3 is 2.38 bits per heavy atom. The van der Waals surface area contributed by atoms with Crippen LogP contribution in [-0.4, -0.2) is 45.2 Å². The molecule has 0 aromatic heterocycles. The number of guanidine groups is 1. The van der Waals surface area contributed by atoms with E-state index in [9.17, 15) is 8.78 Å². The number of ether oxygens (including phenoxy) is 2. The second-order valence-electron chi connectivity index (χ2n) is 6.45. The molecule has 160 valence electrons. The van der Waals surface area contributed by atoms with Crippen LogP contribution in [0.4, 0.5) is 8.78 Å². The van der Waals surface area contributed by atoms with E-state index >= 15 is 0 Å². The largest absolute Gasteiger partial charge is 0.496 e. The molecule has 2 aromatic carbocycles. The van der Waals surface area contributed by atoms with Gasteiger partial charge in [-0.25, -0.2) is 0 Å². The van der Waals surface area contributed by atoms with Crippen LogP contribution >= 0.6 is 24.0 Å². The fourth-order valence-electron chi connectivity index (χ4n) is 2.94. The molecule has 0 aliphatic carbocycles. The van der Waals surface area contributed by atoms with E-state index in [0.717, 1.165) is 22.8 Å². The minimum atomic E-state index is -2.82. The zero-order valence-corrected chi connectivity index (χ0v) is 19.4. The molecule has 0 saturated heterocycles. The summed E-state index contributed by atoms with van der Waals surface area (Å²) in [5, 5.41) is 3.37. The summed E-state index contributed by atoms with van der Waals surface area (Å²) in [4.78, 5) is 6.30. The first-order chi connectivity index (χ1) is 13.4. The molecular formula is C21H28F2IN3O2. The summed E-state index contributed by atoms with van der Waals surface area (Å²) in [6.07, 6.45) is 0. The van der Waals surface area contributed by atoms with E-state index in [2.05, 4.69) is 28.0 Å². The lowest BCUT2D eigenvalue weighted by Gasteiger charge is -2.24. The van der Waals surface area contributed by atoms with Gasteiger partial charge in [-0.05, 0) is 29.3 Å². The van der Waals surface area contributed by atoms with E-state index < -0.39 is 6.61 Å². The minimum Gasteiger partial charge on any atom is -0.496 e. The van der Waals surface area contributed by atoms with E-state index in [-0.39, 0.29) is 35.6 Å². The van der Waals surface area contributed by atoms with E-state index in [4.69, 9.17) is 4.74 Å².